The molecule has 1 N–H and O–H groups in total. The number of rotatable bonds is 3. The molecule has 2 amide bonds. The molecular formula is C19H25F2N3O2. The fourth-order valence-electron chi connectivity index (χ4n) is 4.04. The Morgan fingerprint density at radius 2 is 1.85 bits per heavy atom. The SMILES string of the molecule is O=C(NCc1cccc(N2CCOCC2)c1)N1CCC2(CC1)CC2(F)F. The van der Waals surface area contributed by atoms with Gasteiger partial charge in [-0.15, -0.1) is 0 Å². The van der Waals surface area contributed by atoms with Crippen molar-refractivity contribution in [1.82, 2.24) is 10.2 Å². The Kier molecular flexibility index (Phi) is 4.50. The third-order valence-corrected chi connectivity index (χ3v) is 5.95. The number of carbonyl (C=O) groups excluding carboxylic acids is 1. The number of hydrogen-bond acceptors (Lipinski definition) is 3. The van der Waals surface area contributed by atoms with Crippen LogP contribution in [0.2, 0.25) is 0 Å². The molecule has 26 heavy (non-hydrogen) atoms. The van der Waals surface area contributed by atoms with Gasteiger partial charge in [-0.05, 0) is 30.5 Å². The minimum atomic E-state index is -2.52. The standard InChI is InChI=1S/C19H25F2N3O2/c20-19(21)14-18(19)4-6-24(7-5-18)17(25)22-13-15-2-1-3-16(12-15)23-8-10-26-11-9-23/h1-3,12H,4-11,13-14H2,(H,22,25). The van der Waals surface area contributed by atoms with Crippen LogP contribution >= 0.6 is 0 Å². The summed E-state index contributed by atoms with van der Waals surface area (Å²) in [5.41, 5.74) is 1.34. The summed E-state index contributed by atoms with van der Waals surface area (Å²) in [6, 6.07) is 7.96. The van der Waals surface area contributed by atoms with Crippen molar-refractivity contribution in [3.8, 4) is 0 Å². The monoisotopic (exact) mass is 365 g/mol. The molecule has 3 fully saturated rings. The Morgan fingerprint density at radius 1 is 1.15 bits per heavy atom. The van der Waals surface area contributed by atoms with Crippen LogP contribution in [-0.4, -0.2) is 56.2 Å². The van der Waals surface area contributed by atoms with Gasteiger partial charge in [0.25, 0.3) is 5.92 Å². The minimum Gasteiger partial charge on any atom is -0.378 e. The van der Waals surface area contributed by atoms with Crippen molar-refractivity contribution in [3.63, 3.8) is 0 Å². The molecule has 0 aromatic heterocycles. The maximum Gasteiger partial charge on any atom is 0.317 e. The number of benzene rings is 1. The second-order valence-electron chi connectivity index (χ2n) is 7.58. The van der Waals surface area contributed by atoms with E-state index < -0.39 is 11.3 Å². The van der Waals surface area contributed by atoms with Gasteiger partial charge < -0.3 is 19.9 Å². The fraction of sp³-hybridized carbons (Fsp3) is 0.632. The first-order valence-electron chi connectivity index (χ1n) is 9.31. The van der Waals surface area contributed by atoms with Crippen molar-refractivity contribution in [1.29, 1.82) is 0 Å². The minimum absolute atomic E-state index is 0.0101. The molecule has 0 unspecified atom stereocenters. The number of alkyl halides is 2. The third-order valence-electron chi connectivity index (χ3n) is 5.95. The van der Waals surface area contributed by atoms with E-state index >= 15 is 0 Å². The smallest absolute Gasteiger partial charge is 0.317 e. The molecule has 2 saturated heterocycles. The summed E-state index contributed by atoms with van der Waals surface area (Å²) in [4.78, 5) is 16.3. The zero-order chi connectivity index (χ0) is 18.2. The van der Waals surface area contributed by atoms with E-state index in [1.807, 2.05) is 12.1 Å². The molecule has 2 aliphatic heterocycles. The summed E-state index contributed by atoms with van der Waals surface area (Å²) >= 11 is 0. The highest BCUT2D eigenvalue weighted by molar-refractivity contribution is 5.74. The van der Waals surface area contributed by atoms with Gasteiger partial charge in [-0.3, -0.25) is 0 Å². The Morgan fingerprint density at radius 3 is 2.50 bits per heavy atom. The normalized spacial score (nSPS) is 23.8. The van der Waals surface area contributed by atoms with Gasteiger partial charge in [0.15, 0.2) is 0 Å². The summed E-state index contributed by atoms with van der Waals surface area (Å²) in [5, 5.41) is 2.92. The average Bonchev–Trinajstić information content (AvgIpc) is 3.20. The molecule has 3 aliphatic rings. The summed E-state index contributed by atoms with van der Waals surface area (Å²) in [7, 11) is 0. The third kappa shape index (κ3) is 3.37. The predicted molar refractivity (Wildman–Crippen MR) is 94.5 cm³/mol. The second-order valence-corrected chi connectivity index (χ2v) is 7.58. The molecule has 1 aromatic rings. The topological polar surface area (TPSA) is 44.8 Å². The molecule has 4 rings (SSSR count). The number of piperidine rings is 1. The fourth-order valence-corrected chi connectivity index (χ4v) is 4.04. The van der Waals surface area contributed by atoms with Crippen molar-refractivity contribution in [2.75, 3.05) is 44.3 Å². The van der Waals surface area contributed by atoms with Gasteiger partial charge >= 0.3 is 6.03 Å². The van der Waals surface area contributed by atoms with E-state index in [-0.39, 0.29) is 12.5 Å². The van der Waals surface area contributed by atoms with E-state index in [0.717, 1.165) is 37.6 Å². The van der Waals surface area contributed by atoms with E-state index in [1.54, 1.807) is 4.90 Å². The van der Waals surface area contributed by atoms with Crippen LogP contribution in [0, 0.1) is 5.41 Å². The number of likely N-dealkylation sites (tertiary alicyclic amines) is 1. The summed E-state index contributed by atoms with van der Waals surface area (Å²) in [6.45, 7) is 4.47. The van der Waals surface area contributed by atoms with Crippen LogP contribution in [0.3, 0.4) is 0 Å². The first-order chi connectivity index (χ1) is 12.5. The van der Waals surface area contributed by atoms with Gasteiger partial charge in [0.2, 0.25) is 0 Å². The first kappa shape index (κ1) is 17.5. The van der Waals surface area contributed by atoms with Crippen LogP contribution in [0.1, 0.15) is 24.8 Å². The van der Waals surface area contributed by atoms with Crippen molar-refractivity contribution in [2.24, 2.45) is 5.41 Å². The molecule has 7 heteroatoms. The van der Waals surface area contributed by atoms with E-state index in [1.165, 1.54) is 0 Å². The van der Waals surface area contributed by atoms with Crippen LogP contribution in [0.5, 0.6) is 0 Å². The molecule has 1 aliphatic carbocycles. The molecule has 0 atom stereocenters. The Labute approximate surface area is 152 Å². The highest BCUT2D eigenvalue weighted by atomic mass is 19.3. The number of nitrogens with one attached hydrogen (secondary N) is 1. The van der Waals surface area contributed by atoms with Crippen LogP contribution in [-0.2, 0) is 11.3 Å². The lowest BCUT2D eigenvalue weighted by Gasteiger charge is -2.32. The predicted octanol–water partition coefficient (Wildman–Crippen LogP) is 2.85. The zero-order valence-corrected chi connectivity index (χ0v) is 14.8. The van der Waals surface area contributed by atoms with Gasteiger partial charge in [-0.2, -0.15) is 0 Å². The van der Waals surface area contributed by atoms with Crippen LogP contribution in [0.15, 0.2) is 24.3 Å². The van der Waals surface area contributed by atoms with Crippen LogP contribution in [0.25, 0.3) is 0 Å². The van der Waals surface area contributed by atoms with E-state index in [2.05, 4.69) is 22.3 Å². The van der Waals surface area contributed by atoms with Gasteiger partial charge in [0.05, 0.1) is 13.2 Å². The maximum atomic E-state index is 13.4. The quantitative estimate of drug-likeness (QED) is 0.896. The Bertz CT molecular complexity index is 669. The zero-order valence-electron chi connectivity index (χ0n) is 14.8. The van der Waals surface area contributed by atoms with Crippen molar-refractivity contribution in [3.05, 3.63) is 29.8 Å². The number of nitrogens with zero attached hydrogens (tertiary/aromatic N) is 2. The Hall–Kier alpha value is -1.89. The highest BCUT2D eigenvalue weighted by Crippen LogP contribution is 2.65. The summed E-state index contributed by atoms with van der Waals surface area (Å²) < 4.78 is 32.2. The van der Waals surface area contributed by atoms with E-state index in [4.69, 9.17) is 4.74 Å². The number of urea groups is 1. The van der Waals surface area contributed by atoms with Gasteiger partial charge in [-0.1, -0.05) is 12.1 Å². The second kappa shape index (κ2) is 6.68. The lowest BCUT2D eigenvalue weighted by Crippen LogP contribution is -2.45. The summed E-state index contributed by atoms with van der Waals surface area (Å²) in [6.07, 6.45) is 0.795. The van der Waals surface area contributed by atoms with Crippen LogP contribution < -0.4 is 10.2 Å². The highest BCUT2D eigenvalue weighted by Gasteiger charge is 2.70. The molecule has 0 bridgehead atoms. The van der Waals surface area contributed by atoms with Gasteiger partial charge in [-0.25, -0.2) is 13.6 Å². The number of anilines is 1. The largest absolute Gasteiger partial charge is 0.378 e. The number of ether oxygens (including phenoxy) is 1. The van der Waals surface area contributed by atoms with Gasteiger partial charge in [0.1, 0.15) is 0 Å². The van der Waals surface area contributed by atoms with E-state index in [9.17, 15) is 13.6 Å². The molecule has 1 spiro atoms. The molecule has 0 radical (unpaired) electrons. The van der Waals surface area contributed by atoms with E-state index in [0.29, 0.717) is 32.5 Å². The van der Waals surface area contributed by atoms with Crippen molar-refractivity contribution < 1.29 is 18.3 Å². The molecule has 5 nitrogen and oxygen atoms in total. The Balaban J connectivity index is 1.28. The molecule has 2 heterocycles. The molecule has 142 valence electrons. The first-order valence-corrected chi connectivity index (χ1v) is 9.31. The number of hydrogen-bond donors (Lipinski definition) is 1. The number of morpholine rings is 1. The lowest BCUT2D eigenvalue weighted by atomic mass is 9.93. The number of amides is 2. The van der Waals surface area contributed by atoms with Crippen molar-refractivity contribution in [2.45, 2.75) is 31.7 Å². The van der Waals surface area contributed by atoms with Gasteiger partial charge in [0, 0.05) is 50.2 Å². The molecule has 1 saturated carbocycles. The number of halogens is 2. The maximum absolute atomic E-state index is 13.4. The van der Waals surface area contributed by atoms with Crippen molar-refractivity contribution >= 4 is 11.7 Å². The number of carbonyl (C=O) groups is 1. The van der Waals surface area contributed by atoms with Crippen LogP contribution in [0.4, 0.5) is 19.3 Å². The molecule has 1 aromatic carbocycles. The lowest BCUT2D eigenvalue weighted by molar-refractivity contribution is 0.0370. The average molecular weight is 365 g/mol. The molecular weight excluding hydrogens is 340 g/mol. The summed E-state index contributed by atoms with van der Waals surface area (Å²) in [5.74, 6) is -2.52.